The Kier molecular flexibility index (Phi) is 7.98. The number of nitrogens with zero attached hydrogens (tertiary/aromatic N) is 1. The molecule has 0 aliphatic carbocycles. The van der Waals surface area contributed by atoms with Crippen molar-refractivity contribution in [1.82, 2.24) is 4.90 Å². The Bertz CT molecular complexity index is 1060. The van der Waals surface area contributed by atoms with Gasteiger partial charge in [-0.2, -0.15) is 0 Å². The van der Waals surface area contributed by atoms with Crippen molar-refractivity contribution >= 4 is 50.9 Å². The van der Waals surface area contributed by atoms with Crippen LogP contribution in [0.2, 0.25) is 0 Å². The number of rotatable bonds is 8. The summed E-state index contributed by atoms with van der Waals surface area (Å²) >= 11 is 4.28. The fourth-order valence-electron chi connectivity index (χ4n) is 3.01. The highest BCUT2D eigenvalue weighted by Crippen LogP contribution is 2.39. The summed E-state index contributed by atoms with van der Waals surface area (Å²) in [6, 6.07) is 12.3. The maximum absolute atomic E-state index is 12.8. The molecule has 0 spiro atoms. The van der Waals surface area contributed by atoms with Gasteiger partial charge in [-0.3, -0.25) is 14.5 Å². The van der Waals surface area contributed by atoms with E-state index in [9.17, 15) is 14.4 Å². The van der Waals surface area contributed by atoms with Crippen molar-refractivity contribution in [2.75, 3.05) is 13.7 Å². The number of imide groups is 1. The Morgan fingerprint density at radius 2 is 1.84 bits per heavy atom. The van der Waals surface area contributed by atoms with E-state index in [1.54, 1.807) is 18.2 Å². The molecule has 1 fully saturated rings. The third-order valence-electron chi connectivity index (χ3n) is 4.64. The van der Waals surface area contributed by atoms with Gasteiger partial charge >= 0.3 is 5.97 Å². The number of halogens is 1. The number of carbonyl (C=O) groups is 3. The van der Waals surface area contributed by atoms with Crippen molar-refractivity contribution in [2.24, 2.45) is 0 Å². The Labute approximate surface area is 198 Å². The number of ether oxygens (including phenoxy) is 3. The van der Waals surface area contributed by atoms with Gasteiger partial charge in [0.2, 0.25) is 0 Å². The molecular weight excluding hydrogens is 498 g/mol. The van der Waals surface area contributed by atoms with Crippen molar-refractivity contribution in [1.29, 1.82) is 0 Å². The van der Waals surface area contributed by atoms with E-state index in [2.05, 4.69) is 20.7 Å². The van der Waals surface area contributed by atoms with Crippen LogP contribution in [-0.2, 0) is 20.9 Å². The summed E-state index contributed by atoms with van der Waals surface area (Å²) in [6.45, 7) is 4.11. The predicted octanol–water partition coefficient (Wildman–Crippen LogP) is 5.02. The van der Waals surface area contributed by atoms with Crippen LogP contribution in [0.4, 0.5) is 4.79 Å². The topological polar surface area (TPSA) is 82.1 Å². The molecule has 1 saturated heterocycles. The van der Waals surface area contributed by atoms with E-state index in [1.807, 2.05) is 37.3 Å². The summed E-state index contributed by atoms with van der Waals surface area (Å²) in [6.07, 6.45) is 1.59. The van der Waals surface area contributed by atoms with Gasteiger partial charge in [0.15, 0.2) is 11.5 Å². The molecule has 2 aromatic rings. The lowest BCUT2D eigenvalue weighted by atomic mass is 10.1. The number of amides is 2. The molecule has 1 aliphatic heterocycles. The lowest BCUT2D eigenvalue weighted by Gasteiger charge is -2.18. The quantitative estimate of drug-likeness (QED) is 0.357. The first-order valence-electron chi connectivity index (χ1n) is 9.83. The lowest BCUT2D eigenvalue weighted by molar-refractivity contribution is -0.148. The Balaban J connectivity index is 1.87. The molecule has 0 unspecified atom stereocenters. The molecule has 0 N–H and O–H groups in total. The average molecular weight is 520 g/mol. The number of benzene rings is 2. The largest absolute Gasteiger partial charge is 0.490 e. The number of hydrogen-bond donors (Lipinski definition) is 0. The molecule has 1 aliphatic rings. The number of thioether (sulfide) groups is 1. The lowest BCUT2D eigenvalue weighted by Crippen LogP contribution is -2.42. The van der Waals surface area contributed by atoms with Crippen LogP contribution in [0.3, 0.4) is 0 Å². The Morgan fingerprint density at radius 1 is 1.16 bits per heavy atom. The van der Waals surface area contributed by atoms with Gasteiger partial charge in [0, 0.05) is 4.47 Å². The zero-order chi connectivity index (χ0) is 23.3. The first-order valence-corrected chi connectivity index (χ1v) is 11.4. The monoisotopic (exact) mass is 519 g/mol. The minimum Gasteiger partial charge on any atom is -0.490 e. The van der Waals surface area contributed by atoms with Gasteiger partial charge in [-0.15, -0.1) is 0 Å². The number of carbonyl (C=O) groups excluding carboxylic acids is 3. The van der Waals surface area contributed by atoms with Crippen LogP contribution in [0.1, 0.15) is 25.0 Å². The molecule has 168 valence electrons. The molecule has 32 heavy (non-hydrogen) atoms. The van der Waals surface area contributed by atoms with Gasteiger partial charge in [0.1, 0.15) is 12.6 Å². The number of esters is 1. The second-order valence-corrected chi connectivity index (χ2v) is 8.63. The van der Waals surface area contributed by atoms with Crippen molar-refractivity contribution < 1.29 is 28.6 Å². The SMILES string of the molecule is CCOc1cc(/C=C2/SC(=O)N([C@H](C)C(=O)OC)C2=O)c(Br)cc1OCc1ccccc1. The van der Waals surface area contributed by atoms with E-state index >= 15 is 0 Å². The van der Waals surface area contributed by atoms with Crippen LogP contribution < -0.4 is 9.47 Å². The first kappa shape index (κ1) is 23.9. The van der Waals surface area contributed by atoms with Gasteiger partial charge in [-0.25, -0.2) is 4.79 Å². The van der Waals surface area contributed by atoms with Gasteiger partial charge in [0.05, 0.1) is 18.6 Å². The van der Waals surface area contributed by atoms with E-state index in [1.165, 1.54) is 14.0 Å². The van der Waals surface area contributed by atoms with Crippen LogP contribution in [0.25, 0.3) is 6.08 Å². The highest BCUT2D eigenvalue weighted by atomic mass is 79.9. The number of hydrogen-bond acceptors (Lipinski definition) is 7. The van der Waals surface area contributed by atoms with E-state index < -0.39 is 23.2 Å². The molecule has 0 bridgehead atoms. The molecule has 2 aromatic carbocycles. The zero-order valence-corrected chi connectivity index (χ0v) is 20.2. The molecule has 9 heteroatoms. The molecule has 3 rings (SSSR count). The highest BCUT2D eigenvalue weighted by Gasteiger charge is 2.41. The fraction of sp³-hybridized carbons (Fsp3) is 0.261. The van der Waals surface area contributed by atoms with E-state index in [0.29, 0.717) is 34.7 Å². The molecule has 0 radical (unpaired) electrons. The second-order valence-electron chi connectivity index (χ2n) is 6.78. The summed E-state index contributed by atoms with van der Waals surface area (Å²) in [5.74, 6) is -0.146. The summed E-state index contributed by atoms with van der Waals surface area (Å²) in [7, 11) is 1.21. The maximum atomic E-state index is 12.8. The minimum absolute atomic E-state index is 0.201. The minimum atomic E-state index is -1.01. The molecule has 1 atom stereocenters. The molecular formula is C23H22BrNO6S. The summed E-state index contributed by atoms with van der Waals surface area (Å²) in [5.41, 5.74) is 1.65. The second kappa shape index (κ2) is 10.7. The van der Waals surface area contributed by atoms with Crippen molar-refractivity contribution in [3.63, 3.8) is 0 Å². The van der Waals surface area contributed by atoms with Crippen LogP contribution in [0, 0.1) is 0 Å². The third kappa shape index (κ3) is 5.34. The average Bonchev–Trinajstić information content (AvgIpc) is 3.07. The van der Waals surface area contributed by atoms with Crippen molar-refractivity contribution in [3.05, 3.63) is 63.0 Å². The third-order valence-corrected chi connectivity index (χ3v) is 6.21. The van der Waals surface area contributed by atoms with E-state index in [4.69, 9.17) is 9.47 Å². The van der Waals surface area contributed by atoms with Gasteiger partial charge < -0.3 is 14.2 Å². The van der Waals surface area contributed by atoms with E-state index in [0.717, 1.165) is 22.2 Å². The fourth-order valence-corrected chi connectivity index (χ4v) is 4.34. The molecule has 1 heterocycles. The molecule has 0 saturated carbocycles. The van der Waals surface area contributed by atoms with Crippen LogP contribution >= 0.6 is 27.7 Å². The number of methoxy groups -OCH3 is 1. The summed E-state index contributed by atoms with van der Waals surface area (Å²) in [4.78, 5) is 38.0. The standard InChI is InChI=1S/C23H22BrNO6S/c1-4-30-18-10-16(17(24)12-19(18)31-13-15-8-6-5-7-9-15)11-20-21(26)25(23(28)32-20)14(2)22(27)29-3/h5-12,14H,4,13H2,1-3H3/b20-11+/t14-/m1/s1. The van der Waals surface area contributed by atoms with E-state index in [-0.39, 0.29) is 4.91 Å². The van der Waals surface area contributed by atoms with Crippen LogP contribution in [-0.4, -0.2) is 41.8 Å². The van der Waals surface area contributed by atoms with Crippen molar-refractivity contribution in [3.8, 4) is 11.5 Å². The van der Waals surface area contributed by atoms with Crippen molar-refractivity contribution in [2.45, 2.75) is 26.5 Å². The first-order chi connectivity index (χ1) is 15.3. The predicted molar refractivity (Wildman–Crippen MR) is 125 cm³/mol. The molecule has 2 amide bonds. The summed E-state index contributed by atoms with van der Waals surface area (Å²) in [5, 5.41) is -0.525. The van der Waals surface area contributed by atoms with Crippen LogP contribution in [0.5, 0.6) is 11.5 Å². The maximum Gasteiger partial charge on any atom is 0.328 e. The van der Waals surface area contributed by atoms with Crippen LogP contribution in [0.15, 0.2) is 51.8 Å². The highest BCUT2D eigenvalue weighted by molar-refractivity contribution is 9.10. The smallest absolute Gasteiger partial charge is 0.328 e. The normalized spacial score (nSPS) is 15.8. The molecule has 7 nitrogen and oxygen atoms in total. The Morgan fingerprint density at radius 3 is 2.50 bits per heavy atom. The molecule has 0 aromatic heterocycles. The van der Waals surface area contributed by atoms with Gasteiger partial charge in [0.25, 0.3) is 11.1 Å². The van der Waals surface area contributed by atoms with Gasteiger partial charge in [-0.05, 0) is 54.9 Å². The summed E-state index contributed by atoms with van der Waals surface area (Å²) < 4.78 is 17.0. The van der Waals surface area contributed by atoms with Gasteiger partial charge in [-0.1, -0.05) is 46.3 Å². The Hall–Kier alpha value is -2.78. The zero-order valence-electron chi connectivity index (χ0n) is 17.8.